The van der Waals surface area contributed by atoms with Crippen LogP contribution in [0.1, 0.15) is 13.3 Å². The van der Waals surface area contributed by atoms with Crippen molar-refractivity contribution in [2.45, 2.75) is 45.1 Å². The van der Waals surface area contributed by atoms with Gasteiger partial charge >= 0.3 is 0 Å². The normalized spacial score (nSPS) is 31.8. The Bertz CT molecular complexity index is 119. The van der Waals surface area contributed by atoms with Gasteiger partial charge in [0.15, 0.2) is 0 Å². The Balaban J connectivity index is 2.55. The maximum Gasteiger partial charge on any atom is 0.112 e. The summed E-state index contributed by atoms with van der Waals surface area (Å²) in [7, 11) is -0.692. The Hall–Kier alpha value is 0.394. The van der Waals surface area contributed by atoms with Crippen LogP contribution in [0.2, 0.25) is 25.7 Å². The van der Waals surface area contributed by atoms with Gasteiger partial charge in [-0.25, -0.2) is 0 Å². The predicted molar refractivity (Wildman–Crippen MR) is 52.6 cm³/mol. The van der Waals surface area contributed by atoms with Gasteiger partial charge in [0, 0.05) is 0 Å². The van der Waals surface area contributed by atoms with Gasteiger partial charge in [0.05, 0.1) is 9.68 Å². The van der Waals surface area contributed by atoms with Crippen molar-refractivity contribution in [3.8, 4) is 0 Å². The molecule has 0 N–H and O–H groups in total. The van der Waals surface area contributed by atoms with Crippen molar-refractivity contribution in [3.63, 3.8) is 0 Å². The van der Waals surface area contributed by atoms with Crippen molar-refractivity contribution in [1.29, 1.82) is 0 Å². The molecule has 0 amide bonds. The lowest BCUT2D eigenvalue weighted by Gasteiger charge is -2.34. The van der Waals surface area contributed by atoms with E-state index in [-0.39, 0.29) is 9.68 Å². The van der Waals surface area contributed by atoms with Gasteiger partial charge in [-0.15, -0.1) is 0 Å². The molecule has 3 heteroatoms. The molecule has 1 nitrogen and oxygen atoms in total. The first-order valence-electron chi connectivity index (χ1n) is 4.28. The van der Waals surface area contributed by atoms with Gasteiger partial charge in [0.1, 0.15) is 8.24 Å². The lowest BCUT2D eigenvalue weighted by Crippen LogP contribution is -2.48. The topological polar surface area (TPSA) is 3.24 Å². The van der Waals surface area contributed by atoms with E-state index >= 15 is 0 Å². The molecule has 0 aliphatic carbocycles. The number of rotatable bonds is 1. The minimum absolute atomic E-state index is 0.201. The lowest BCUT2D eigenvalue weighted by molar-refractivity contribution is 0.519. The molecule has 1 atom stereocenters. The second-order valence-electron chi connectivity index (χ2n) is 4.36. The predicted octanol–water partition coefficient (Wildman–Crippen LogP) is 1.42. The van der Waals surface area contributed by atoms with E-state index in [2.05, 4.69) is 30.8 Å². The monoisotopic (exact) mass is 173 g/mol. The molecule has 1 aliphatic rings. The van der Waals surface area contributed by atoms with Gasteiger partial charge in [-0.3, -0.25) is 0 Å². The van der Waals surface area contributed by atoms with Crippen LogP contribution in [0.5, 0.6) is 0 Å². The molecule has 0 aromatic rings. The first kappa shape index (κ1) is 8.49. The van der Waals surface area contributed by atoms with Crippen molar-refractivity contribution in [1.82, 2.24) is 4.23 Å². The molecular weight excluding hydrogens is 154 g/mol. The fourth-order valence-electron chi connectivity index (χ4n) is 1.93. The van der Waals surface area contributed by atoms with Crippen LogP contribution in [0.15, 0.2) is 0 Å². The summed E-state index contributed by atoms with van der Waals surface area (Å²) >= 11 is 0. The van der Waals surface area contributed by atoms with Crippen LogP contribution in [0.3, 0.4) is 0 Å². The number of nitrogens with zero attached hydrogens (tertiary/aromatic N) is 1. The Labute approximate surface area is 67.8 Å². The molecule has 0 aromatic carbocycles. The molecule has 0 radical (unpaired) electrons. The van der Waals surface area contributed by atoms with Crippen molar-refractivity contribution >= 4 is 17.9 Å². The van der Waals surface area contributed by atoms with Crippen molar-refractivity contribution in [2.24, 2.45) is 0 Å². The summed E-state index contributed by atoms with van der Waals surface area (Å²) in [6.07, 6.45) is 1.48. The highest BCUT2D eigenvalue weighted by Crippen LogP contribution is 2.22. The molecular formula is C7H19NSi2. The van der Waals surface area contributed by atoms with Gasteiger partial charge in [-0.1, -0.05) is 26.6 Å². The maximum absolute atomic E-state index is 2.87. The quantitative estimate of drug-likeness (QED) is 0.542. The van der Waals surface area contributed by atoms with Gasteiger partial charge in [0.2, 0.25) is 0 Å². The molecule has 1 unspecified atom stereocenters. The van der Waals surface area contributed by atoms with Crippen LogP contribution in [-0.4, -0.2) is 28.2 Å². The van der Waals surface area contributed by atoms with Crippen LogP contribution >= 0.6 is 0 Å². The highest BCUT2D eigenvalue weighted by Gasteiger charge is 2.31. The summed E-state index contributed by atoms with van der Waals surface area (Å²) in [4.78, 5) is 0. The highest BCUT2D eigenvalue weighted by molar-refractivity contribution is 6.79. The minimum Gasteiger partial charge on any atom is -0.348 e. The fraction of sp³-hybridized carbons (Fsp3) is 1.00. The third-order valence-corrected chi connectivity index (χ3v) is 9.93. The zero-order valence-corrected chi connectivity index (χ0v) is 10.1. The van der Waals surface area contributed by atoms with E-state index in [4.69, 9.17) is 0 Å². The molecule has 1 rings (SSSR count). The fourth-order valence-corrected chi connectivity index (χ4v) is 8.28. The Kier molecular flexibility index (Phi) is 2.37. The molecule has 1 fully saturated rings. The van der Waals surface area contributed by atoms with E-state index in [0.29, 0.717) is 0 Å². The molecule has 0 saturated carbocycles. The number of hydrogen-bond donors (Lipinski definition) is 0. The minimum atomic E-state index is -0.892. The first-order valence-corrected chi connectivity index (χ1v) is 9.36. The second kappa shape index (κ2) is 2.79. The van der Waals surface area contributed by atoms with E-state index in [0.717, 1.165) is 6.04 Å². The molecule has 60 valence electrons. The third-order valence-electron chi connectivity index (χ3n) is 2.41. The zero-order chi connectivity index (χ0) is 7.78. The van der Waals surface area contributed by atoms with Crippen LogP contribution in [0, 0.1) is 0 Å². The summed E-state index contributed by atoms with van der Waals surface area (Å²) < 4.78 is 2.87. The van der Waals surface area contributed by atoms with Gasteiger partial charge in [0.25, 0.3) is 0 Å². The Morgan fingerprint density at radius 1 is 1.40 bits per heavy atom. The van der Waals surface area contributed by atoms with Gasteiger partial charge < -0.3 is 4.23 Å². The van der Waals surface area contributed by atoms with Crippen molar-refractivity contribution in [3.05, 3.63) is 0 Å². The smallest absolute Gasteiger partial charge is 0.112 e. The van der Waals surface area contributed by atoms with Crippen LogP contribution in [0.4, 0.5) is 0 Å². The van der Waals surface area contributed by atoms with Crippen LogP contribution in [0.25, 0.3) is 0 Å². The van der Waals surface area contributed by atoms with Crippen LogP contribution in [-0.2, 0) is 0 Å². The molecule has 1 heterocycles. The maximum atomic E-state index is 2.87. The zero-order valence-electron chi connectivity index (χ0n) is 7.65. The third kappa shape index (κ3) is 1.71. The second-order valence-corrected chi connectivity index (χ2v) is 11.7. The first-order chi connectivity index (χ1) is 4.52. The molecule has 0 spiro atoms. The standard InChI is InChI=1S/C7H19NSi2/c1-7-5-6-9-8(7)10(2,3)4/h7H,5-6,9H2,1-4H3. The summed E-state index contributed by atoms with van der Waals surface area (Å²) in [5.41, 5.74) is 0. The molecule has 0 bridgehead atoms. The van der Waals surface area contributed by atoms with E-state index in [1.54, 1.807) is 6.04 Å². The average Bonchev–Trinajstić information content (AvgIpc) is 2.11. The SMILES string of the molecule is CC1CC[SiH2]N1[Si](C)(C)C. The van der Waals surface area contributed by atoms with Gasteiger partial charge in [-0.2, -0.15) is 0 Å². The summed E-state index contributed by atoms with van der Waals surface area (Å²) in [6.45, 7) is 9.82. The summed E-state index contributed by atoms with van der Waals surface area (Å²) in [6, 6.07) is 2.49. The average molecular weight is 173 g/mol. The Morgan fingerprint density at radius 3 is 2.20 bits per heavy atom. The van der Waals surface area contributed by atoms with E-state index in [9.17, 15) is 0 Å². The van der Waals surface area contributed by atoms with Crippen molar-refractivity contribution in [2.75, 3.05) is 0 Å². The van der Waals surface area contributed by atoms with Gasteiger partial charge in [-0.05, 0) is 18.5 Å². The Morgan fingerprint density at radius 2 is 2.00 bits per heavy atom. The van der Waals surface area contributed by atoms with Crippen molar-refractivity contribution < 1.29 is 0 Å². The summed E-state index contributed by atoms with van der Waals surface area (Å²) in [5.74, 6) is 0. The number of hydrogen-bond acceptors (Lipinski definition) is 1. The van der Waals surface area contributed by atoms with E-state index < -0.39 is 8.24 Å². The molecule has 10 heavy (non-hydrogen) atoms. The van der Waals surface area contributed by atoms with Crippen LogP contribution < -0.4 is 0 Å². The molecule has 1 aliphatic heterocycles. The molecule has 0 aromatic heterocycles. The largest absolute Gasteiger partial charge is 0.348 e. The molecule has 1 saturated heterocycles. The summed E-state index contributed by atoms with van der Waals surface area (Å²) in [5, 5.41) is 0. The highest BCUT2D eigenvalue weighted by atomic mass is 28.4. The van der Waals surface area contributed by atoms with E-state index in [1.807, 2.05) is 0 Å². The lowest BCUT2D eigenvalue weighted by atomic mass is 10.3. The van der Waals surface area contributed by atoms with E-state index in [1.165, 1.54) is 6.42 Å².